The lowest BCUT2D eigenvalue weighted by molar-refractivity contribution is 0.289. The van der Waals surface area contributed by atoms with E-state index in [0.29, 0.717) is 18.2 Å². The second-order valence-corrected chi connectivity index (χ2v) is 6.17. The van der Waals surface area contributed by atoms with Crippen LogP contribution in [0, 0.1) is 18.3 Å². The number of anilines is 1. The molecule has 1 heterocycles. The summed E-state index contributed by atoms with van der Waals surface area (Å²) in [6.07, 6.45) is 0. The molecule has 0 aliphatic rings. The first-order valence-corrected chi connectivity index (χ1v) is 8.14. The van der Waals surface area contributed by atoms with Crippen molar-refractivity contribution in [1.82, 2.24) is 9.78 Å². The van der Waals surface area contributed by atoms with Gasteiger partial charge >= 0.3 is 0 Å². The Morgan fingerprint density at radius 3 is 2.40 bits per heavy atom. The topological polar surface area (TPSA) is 76.9 Å². The van der Waals surface area contributed by atoms with E-state index in [2.05, 4.69) is 11.2 Å². The monoisotopic (exact) mass is 352 g/mol. The highest BCUT2D eigenvalue weighted by Crippen LogP contribution is 2.25. The molecule has 0 saturated heterocycles. The van der Waals surface area contributed by atoms with Crippen molar-refractivity contribution < 1.29 is 4.74 Å². The largest absolute Gasteiger partial charge is 0.471 e. The van der Waals surface area contributed by atoms with Gasteiger partial charge in [-0.2, -0.15) is 5.26 Å². The van der Waals surface area contributed by atoms with Gasteiger partial charge in [-0.3, -0.25) is 0 Å². The van der Waals surface area contributed by atoms with Crippen molar-refractivity contribution in [2.45, 2.75) is 20.1 Å². The van der Waals surface area contributed by atoms with Crippen LogP contribution < -0.4 is 10.5 Å². The molecule has 0 bridgehead atoms. The quantitative estimate of drug-likeness (QED) is 0.754. The standard InChI is InChI=1S/C19H17ClN4O/c1-13-2-4-15(5-3-13)12-25-19-17(10-21)18(22)24(23-19)11-14-6-8-16(20)9-7-14/h2-9H,11-12,22H2,1H3. The molecule has 126 valence electrons. The van der Waals surface area contributed by atoms with E-state index in [1.54, 1.807) is 16.8 Å². The Bertz CT molecular complexity index is 908. The van der Waals surface area contributed by atoms with E-state index in [1.165, 1.54) is 5.56 Å². The zero-order valence-electron chi connectivity index (χ0n) is 13.7. The van der Waals surface area contributed by atoms with Crippen molar-refractivity contribution in [2.24, 2.45) is 0 Å². The van der Waals surface area contributed by atoms with Gasteiger partial charge in [0.05, 0.1) is 6.54 Å². The Morgan fingerprint density at radius 2 is 1.76 bits per heavy atom. The minimum absolute atomic E-state index is 0.245. The fraction of sp³-hybridized carbons (Fsp3) is 0.158. The maximum atomic E-state index is 9.37. The molecule has 0 aliphatic heterocycles. The van der Waals surface area contributed by atoms with Gasteiger partial charge in [-0.1, -0.05) is 53.6 Å². The van der Waals surface area contributed by atoms with E-state index in [0.717, 1.165) is 11.1 Å². The molecule has 0 saturated carbocycles. The van der Waals surface area contributed by atoms with Gasteiger partial charge in [-0.25, -0.2) is 4.68 Å². The number of aryl methyl sites for hydroxylation is 1. The number of nitrogens with two attached hydrogens (primary N) is 1. The zero-order chi connectivity index (χ0) is 17.8. The summed E-state index contributed by atoms with van der Waals surface area (Å²) < 4.78 is 7.28. The maximum Gasteiger partial charge on any atom is 0.253 e. The van der Waals surface area contributed by atoms with Crippen LogP contribution in [0.4, 0.5) is 5.82 Å². The fourth-order valence-electron chi connectivity index (χ4n) is 2.38. The predicted molar refractivity (Wildman–Crippen MR) is 97.4 cm³/mol. The second kappa shape index (κ2) is 7.29. The number of nitrogens with zero attached hydrogens (tertiary/aromatic N) is 3. The van der Waals surface area contributed by atoms with Gasteiger partial charge < -0.3 is 10.5 Å². The Morgan fingerprint density at radius 1 is 1.12 bits per heavy atom. The zero-order valence-corrected chi connectivity index (χ0v) is 14.5. The highest BCUT2D eigenvalue weighted by Gasteiger charge is 2.17. The summed E-state index contributed by atoms with van der Waals surface area (Å²) in [6, 6.07) is 17.4. The van der Waals surface area contributed by atoms with Crippen molar-refractivity contribution >= 4 is 17.4 Å². The Hall–Kier alpha value is -2.97. The molecule has 1 aromatic heterocycles. The van der Waals surface area contributed by atoms with Crippen molar-refractivity contribution in [2.75, 3.05) is 5.73 Å². The Kier molecular flexibility index (Phi) is 4.92. The lowest BCUT2D eigenvalue weighted by Gasteiger charge is -2.04. The van der Waals surface area contributed by atoms with Gasteiger partial charge in [0.1, 0.15) is 18.5 Å². The highest BCUT2D eigenvalue weighted by molar-refractivity contribution is 6.30. The summed E-state index contributed by atoms with van der Waals surface area (Å²) in [5.41, 5.74) is 9.46. The molecule has 0 fully saturated rings. The molecule has 0 aliphatic carbocycles. The van der Waals surface area contributed by atoms with E-state index >= 15 is 0 Å². The predicted octanol–water partition coefficient (Wildman–Crippen LogP) is 3.93. The maximum absolute atomic E-state index is 9.37. The summed E-state index contributed by atoms with van der Waals surface area (Å²) in [7, 11) is 0. The molecule has 2 N–H and O–H groups in total. The molecule has 5 nitrogen and oxygen atoms in total. The summed E-state index contributed by atoms with van der Waals surface area (Å²) in [4.78, 5) is 0. The SMILES string of the molecule is Cc1ccc(COc2nn(Cc3ccc(Cl)cc3)c(N)c2C#N)cc1. The Balaban J connectivity index is 1.79. The second-order valence-electron chi connectivity index (χ2n) is 5.74. The Labute approximate surface area is 151 Å². The molecular weight excluding hydrogens is 336 g/mol. The van der Waals surface area contributed by atoms with Crippen molar-refractivity contribution in [3.63, 3.8) is 0 Å². The van der Waals surface area contributed by atoms with E-state index in [4.69, 9.17) is 22.1 Å². The van der Waals surface area contributed by atoms with Crippen molar-refractivity contribution in [3.8, 4) is 11.9 Å². The summed E-state index contributed by atoms with van der Waals surface area (Å²) in [6.45, 7) is 2.79. The van der Waals surface area contributed by atoms with Gasteiger partial charge in [0.25, 0.3) is 5.88 Å². The molecule has 0 radical (unpaired) electrons. The van der Waals surface area contributed by atoms with Gasteiger partial charge in [-0.15, -0.1) is 5.10 Å². The van der Waals surface area contributed by atoms with E-state index in [1.807, 2.05) is 43.3 Å². The number of aromatic nitrogens is 2. The third-order valence-electron chi connectivity index (χ3n) is 3.81. The van der Waals surface area contributed by atoms with Gasteiger partial charge in [-0.05, 0) is 30.2 Å². The molecule has 0 atom stereocenters. The average molecular weight is 353 g/mol. The summed E-state index contributed by atoms with van der Waals surface area (Å²) >= 11 is 5.90. The van der Waals surface area contributed by atoms with Crippen molar-refractivity contribution in [3.05, 3.63) is 75.8 Å². The average Bonchev–Trinajstić information content (AvgIpc) is 2.91. The molecule has 6 heteroatoms. The molecule has 3 aromatic rings. The van der Waals surface area contributed by atoms with Crippen LogP contribution in [0.25, 0.3) is 0 Å². The molecule has 2 aromatic carbocycles. The van der Waals surface area contributed by atoms with Crippen LogP contribution in [0.3, 0.4) is 0 Å². The molecular formula is C19H17ClN4O. The molecule has 0 unspecified atom stereocenters. The molecule has 0 amide bonds. The van der Waals surface area contributed by atoms with Gasteiger partial charge in [0, 0.05) is 5.02 Å². The normalized spacial score (nSPS) is 10.4. The van der Waals surface area contributed by atoms with Crippen LogP contribution in [0.2, 0.25) is 5.02 Å². The third-order valence-corrected chi connectivity index (χ3v) is 4.07. The number of halogens is 1. The van der Waals surface area contributed by atoms with Gasteiger partial charge in [0.2, 0.25) is 0 Å². The number of ether oxygens (including phenoxy) is 1. The fourth-order valence-corrected chi connectivity index (χ4v) is 2.50. The number of benzene rings is 2. The molecule has 3 rings (SSSR count). The number of nitriles is 1. The highest BCUT2D eigenvalue weighted by atomic mass is 35.5. The number of rotatable bonds is 5. The summed E-state index contributed by atoms with van der Waals surface area (Å²) in [5, 5.41) is 14.4. The van der Waals surface area contributed by atoms with Crippen molar-refractivity contribution in [1.29, 1.82) is 5.26 Å². The van der Waals surface area contributed by atoms with Crippen LogP contribution >= 0.6 is 11.6 Å². The molecule has 0 spiro atoms. The minimum Gasteiger partial charge on any atom is -0.471 e. The first kappa shape index (κ1) is 16.9. The number of hydrogen-bond donors (Lipinski definition) is 1. The lowest BCUT2D eigenvalue weighted by atomic mass is 10.2. The van der Waals surface area contributed by atoms with E-state index in [9.17, 15) is 5.26 Å². The van der Waals surface area contributed by atoms with E-state index < -0.39 is 0 Å². The number of nitrogen functional groups attached to an aromatic ring is 1. The smallest absolute Gasteiger partial charge is 0.253 e. The first-order valence-electron chi connectivity index (χ1n) is 7.76. The van der Waals surface area contributed by atoms with Crippen LogP contribution in [0.1, 0.15) is 22.3 Å². The van der Waals surface area contributed by atoms with Crippen LogP contribution in [0.5, 0.6) is 5.88 Å². The molecule has 25 heavy (non-hydrogen) atoms. The van der Waals surface area contributed by atoms with Crippen LogP contribution in [-0.4, -0.2) is 9.78 Å². The van der Waals surface area contributed by atoms with Crippen LogP contribution in [0.15, 0.2) is 48.5 Å². The van der Waals surface area contributed by atoms with E-state index in [-0.39, 0.29) is 17.3 Å². The number of hydrogen-bond acceptors (Lipinski definition) is 4. The third kappa shape index (κ3) is 3.93. The lowest BCUT2D eigenvalue weighted by Crippen LogP contribution is -2.06. The van der Waals surface area contributed by atoms with Crippen LogP contribution in [-0.2, 0) is 13.2 Å². The minimum atomic E-state index is 0.245. The summed E-state index contributed by atoms with van der Waals surface area (Å²) in [5.74, 6) is 0.533. The van der Waals surface area contributed by atoms with Gasteiger partial charge in [0.15, 0.2) is 5.56 Å². The first-order chi connectivity index (χ1) is 12.1.